The summed E-state index contributed by atoms with van der Waals surface area (Å²) in [6, 6.07) is 2.79. The van der Waals surface area contributed by atoms with Gasteiger partial charge in [0.05, 0.1) is 30.1 Å². The summed E-state index contributed by atoms with van der Waals surface area (Å²) in [7, 11) is 2.14. The molecule has 4 heterocycles. The number of carbonyl (C=O) groups excluding carboxylic acids is 1. The van der Waals surface area contributed by atoms with E-state index in [0.717, 1.165) is 35.6 Å². The summed E-state index contributed by atoms with van der Waals surface area (Å²) in [6.45, 7) is 1.93. The van der Waals surface area contributed by atoms with Gasteiger partial charge in [0, 0.05) is 6.42 Å². The third-order valence-corrected chi connectivity index (χ3v) is 5.37. The van der Waals surface area contributed by atoms with E-state index in [1.54, 1.807) is 11.3 Å². The van der Waals surface area contributed by atoms with Crippen LogP contribution in [-0.4, -0.2) is 24.4 Å². The lowest BCUT2D eigenvalue weighted by molar-refractivity contribution is -0.895. The highest BCUT2D eigenvalue weighted by molar-refractivity contribution is 7.16. The minimum atomic E-state index is -0.595. The average molecular weight is 335 g/mol. The standard InChI is InChI=1S/C14H14N4O4S/c1-17-5-4-7-9(6-17)23-14-11(7)13(19)15-12(16-14)8-2-3-10(22-8)18(20)21/h2-3,12,16H,4-6H2,1H3,(H,15,19)/p+1/t12-/m0/s1. The molecule has 2 aliphatic rings. The Kier molecular flexibility index (Phi) is 3.13. The van der Waals surface area contributed by atoms with E-state index in [4.69, 9.17) is 4.42 Å². The monoisotopic (exact) mass is 335 g/mol. The summed E-state index contributed by atoms with van der Waals surface area (Å²) in [5, 5.41) is 17.6. The molecule has 0 saturated heterocycles. The highest BCUT2D eigenvalue weighted by Gasteiger charge is 2.35. The smallest absolute Gasteiger partial charge is 0.402 e. The quantitative estimate of drug-likeness (QED) is 0.553. The summed E-state index contributed by atoms with van der Waals surface area (Å²) < 4.78 is 5.19. The van der Waals surface area contributed by atoms with Crippen LogP contribution in [0.3, 0.4) is 0 Å². The molecule has 2 aromatic rings. The van der Waals surface area contributed by atoms with Crippen LogP contribution < -0.4 is 15.5 Å². The Morgan fingerprint density at radius 3 is 3.00 bits per heavy atom. The summed E-state index contributed by atoms with van der Waals surface area (Å²) in [6.07, 6.45) is 0.299. The second-order valence-corrected chi connectivity index (χ2v) is 6.93. The molecule has 0 saturated carbocycles. The predicted octanol–water partition coefficient (Wildman–Crippen LogP) is 0.674. The van der Waals surface area contributed by atoms with Crippen LogP contribution in [0.25, 0.3) is 0 Å². The molecule has 0 aromatic carbocycles. The Morgan fingerprint density at radius 2 is 2.26 bits per heavy atom. The van der Waals surface area contributed by atoms with Crippen molar-refractivity contribution in [3.8, 4) is 0 Å². The van der Waals surface area contributed by atoms with Crippen molar-refractivity contribution in [1.29, 1.82) is 0 Å². The Morgan fingerprint density at radius 1 is 1.43 bits per heavy atom. The number of nitrogens with one attached hydrogen (secondary N) is 3. The molecule has 0 aliphatic carbocycles. The fourth-order valence-electron chi connectivity index (χ4n) is 3.07. The van der Waals surface area contributed by atoms with Gasteiger partial charge in [-0.25, -0.2) is 0 Å². The van der Waals surface area contributed by atoms with Crippen LogP contribution in [0.2, 0.25) is 0 Å². The number of carbonyl (C=O) groups is 1. The lowest BCUT2D eigenvalue weighted by Crippen LogP contribution is -3.08. The minimum absolute atomic E-state index is 0.153. The summed E-state index contributed by atoms with van der Waals surface area (Å²) in [5.74, 6) is -0.165. The topological polar surface area (TPSA) is 102 Å². The van der Waals surface area contributed by atoms with E-state index in [-0.39, 0.29) is 11.8 Å². The Bertz CT molecular complexity index is 812. The van der Waals surface area contributed by atoms with Crippen molar-refractivity contribution in [2.24, 2.45) is 0 Å². The first-order valence-corrected chi connectivity index (χ1v) is 8.12. The maximum absolute atomic E-state index is 12.5. The number of rotatable bonds is 2. The van der Waals surface area contributed by atoms with Crippen molar-refractivity contribution in [2.45, 2.75) is 19.1 Å². The van der Waals surface area contributed by atoms with Crippen molar-refractivity contribution in [3.63, 3.8) is 0 Å². The highest BCUT2D eigenvalue weighted by atomic mass is 32.1. The second-order valence-electron chi connectivity index (χ2n) is 5.83. The fraction of sp³-hybridized carbons (Fsp3) is 0.357. The van der Waals surface area contributed by atoms with Gasteiger partial charge in [-0.2, -0.15) is 0 Å². The molecule has 120 valence electrons. The maximum atomic E-state index is 12.5. The maximum Gasteiger partial charge on any atom is 0.433 e. The normalized spacial score (nSPS) is 22.7. The van der Waals surface area contributed by atoms with Crippen molar-refractivity contribution >= 4 is 28.1 Å². The number of nitrogens with zero attached hydrogens (tertiary/aromatic N) is 1. The number of nitro groups is 1. The Labute approximate surface area is 135 Å². The molecule has 0 bridgehead atoms. The van der Waals surface area contributed by atoms with E-state index in [0.29, 0.717) is 5.76 Å². The summed E-state index contributed by atoms with van der Waals surface area (Å²) >= 11 is 1.59. The zero-order valence-electron chi connectivity index (χ0n) is 12.3. The second kappa shape index (κ2) is 5.07. The average Bonchev–Trinajstić information content (AvgIpc) is 3.10. The van der Waals surface area contributed by atoms with Gasteiger partial charge in [-0.1, -0.05) is 0 Å². The van der Waals surface area contributed by atoms with Crippen LogP contribution in [0.1, 0.15) is 32.7 Å². The zero-order valence-corrected chi connectivity index (χ0v) is 13.2. The minimum Gasteiger partial charge on any atom is -0.402 e. The molecule has 9 heteroatoms. The van der Waals surface area contributed by atoms with Crippen LogP contribution in [-0.2, 0) is 13.0 Å². The van der Waals surface area contributed by atoms with E-state index in [2.05, 4.69) is 17.7 Å². The van der Waals surface area contributed by atoms with Crippen molar-refractivity contribution in [1.82, 2.24) is 5.32 Å². The van der Waals surface area contributed by atoms with E-state index >= 15 is 0 Å². The van der Waals surface area contributed by atoms with E-state index in [1.807, 2.05) is 0 Å². The first kappa shape index (κ1) is 14.2. The van der Waals surface area contributed by atoms with Crippen LogP contribution in [0.4, 0.5) is 10.9 Å². The molecule has 0 fully saturated rings. The summed E-state index contributed by atoms with van der Waals surface area (Å²) in [4.78, 5) is 25.3. The molecular weight excluding hydrogens is 320 g/mol. The summed E-state index contributed by atoms with van der Waals surface area (Å²) in [5.41, 5.74) is 1.85. The van der Waals surface area contributed by atoms with E-state index in [1.165, 1.54) is 21.9 Å². The first-order valence-electron chi connectivity index (χ1n) is 7.30. The Balaban J connectivity index is 1.67. The molecule has 1 amide bonds. The van der Waals surface area contributed by atoms with Crippen molar-refractivity contribution in [2.75, 3.05) is 18.9 Å². The third-order valence-electron chi connectivity index (χ3n) is 4.21. The van der Waals surface area contributed by atoms with Gasteiger partial charge in [0.1, 0.15) is 16.5 Å². The molecule has 2 atom stereocenters. The third kappa shape index (κ3) is 2.28. The van der Waals surface area contributed by atoms with Crippen LogP contribution in [0.15, 0.2) is 16.5 Å². The number of thiophene rings is 1. The molecule has 1 unspecified atom stereocenters. The molecular formula is C14H15N4O4S+. The fourth-order valence-corrected chi connectivity index (χ4v) is 4.46. The van der Waals surface area contributed by atoms with Crippen LogP contribution in [0.5, 0.6) is 0 Å². The lowest BCUT2D eigenvalue weighted by Gasteiger charge is -2.25. The highest BCUT2D eigenvalue weighted by Crippen LogP contribution is 2.39. The Hall–Kier alpha value is -2.39. The molecule has 8 nitrogen and oxygen atoms in total. The molecule has 0 spiro atoms. The largest absolute Gasteiger partial charge is 0.433 e. The molecule has 0 radical (unpaired) electrons. The van der Waals surface area contributed by atoms with Gasteiger partial charge in [-0.05, 0) is 11.6 Å². The van der Waals surface area contributed by atoms with Gasteiger partial charge < -0.3 is 20.0 Å². The van der Waals surface area contributed by atoms with Gasteiger partial charge in [-0.15, -0.1) is 11.3 Å². The van der Waals surface area contributed by atoms with Crippen LogP contribution >= 0.6 is 11.3 Å². The zero-order chi connectivity index (χ0) is 16.1. The number of fused-ring (bicyclic) bond motifs is 3. The van der Waals surface area contributed by atoms with Gasteiger partial charge in [0.2, 0.25) is 0 Å². The van der Waals surface area contributed by atoms with E-state index in [9.17, 15) is 14.9 Å². The van der Waals surface area contributed by atoms with Crippen LogP contribution in [0, 0.1) is 10.1 Å². The van der Waals surface area contributed by atoms with Crippen molar-refractivity contribution < 1.29 is 19.0 Å². The molecule has 3 N–H and O–H groups in total. The predicted molar refractivity (Wildman–Crippen MR) is 82.7 cm³/mol. The van der Waals surface area contributed by atoms with Crippen molar-refractivity contribution in [3.05, 3.63) is 44.0 Å². The first-order chi connectivity index (χ1) is 11.0. The molecule has 23 heavy (non-hydrogen) atoms. The molecule has 4 rings (SSSR count). The number of quaternary nitrogens is 1. The number of hydrogen-bond acceptors (Lipinski definition) is 6. The lowest BCUT2D eigenvalue weighted by atomic mass is 10.0. The molecule has 2 aliphatic heterocycles. The van der Waals surface area contributed by atoms with Gasteiger partial charge >= 0.3 is 5.88 Å². The van der Waals surface area contributed by atoms with Gasteiger partial charge in [0.15, 0.2) is 11.9 Å². The molecule has 2 aromatic heterocycles. The SMILES string of the molecule is C[NH+]1CCc2c(sc3c2C(=O)N[C@H](c2ccc([N+](=O)[O-])o2)N3)C1. The number of hydrogen-bond donors (Lipinski definition) is 3. The van der Waals surface area contributed by atoms with Gasteiger partial charge in [-0.3, -0.25) is 14.9 Å². The number of anilines is 1. The number of amides is 1. The van der Waals surface area contributed by atoms with E-state index < -0.39 is 11.1 Å². The number of furan rings is 1. The number of likely N-dealkylation sites (N-methyl/N-ethyl adjacent to an activating group) is 1. The van der Waals surface area contributed by atoms with Gasteiger partial charge in [0.25, 0.3) is 5.91 Å².